The number of nitrogens with zero attached hydrogens (tertiary/aromatic N) is 1. The van der Waals surface area contributed by atoms with Gasteiger partial charge in [0.25, 0.3) is 0 Å². The summed E-state index contributed by atoms with van der Waals surface area (Å²) < 4.78 is 13.2. The van der Waals surface area contributed by atoms with Crippen molar-refractivity contribution in [2.45, 2.75) is 23.5 Å². The highest BCUT2D eigenvalue weighted by Crippen LogP contribution is 2.39. The molecule has 3 nitrogen and oxygen atoms in total. The molecule has 2 aromatic carbocycles. The van der Waals surface area contributed by atoms with Crippen LogP contribution < -0.4 is 10.2 Å². The maximum atomic E-state index is 13.2. The maximum absolute atomic E-state index is 13.2. The van der Waals surface area contributed by atoms with Crippen molar-refractivity contribution < 1.29 is 9.18 Å². The lowest BCUT2D eigenvalue weighted by molar-refractivity contribution is 0.256. The van der Waals surface area contributed by atoms with E-state index in [-0.39, 0.29) is 11.1 Å². The predicted molar refractivity (Wildman–Crippen MR) is 94.2 cm³/mol. The predicted octanol–water partition coefficient (Wildman–Crippen LogP) is 5.40. The fraction of sp³-hybridized carbons (Fsp3) is 0.235. The molecule has 0 saturated heterocycles. The lowest BCUT2D eigenvalue weighted by Gasteiger charge is -2.33. The Balaban J connectivity index is 1.84. The summed E-state index contributed by atoms with van der Waals surface area (Å²) >= 11 is 7.56. The second-order valence-electron chi connectivity index (χ2n) is 5.29. The summed E-state index contributed by atoms with van der Waals surface area (Å²) in [6, 6.07) is 11.8. The second kappa shape index (κ2) is 6.81. The molecule has 1 N–H and O–H groups in total. The number of fused-ring (bicyclic) bond motifs is 1. The van der Waals surface area contributed by atoms with Crippen LogP contribution >= 0.6 is 23.4 Å². The molecule has 1 aliphatic rings. The summed E-state index contributed by atoms with van der Waals surface area (Å²) in [7, 11) is 0. The Labute approximate surface area is 143 Å². The molecule has 2 aromatic rings. The Morgan fingerprint density at radius 2 is 2.17 bits per heavy atom. The van der Waals surface area contributed by atoms with Crippen LogP contribution in [-0.2, 0) is 0 Å². The molecule has 0 aromatic heterocycles. The summed E-state index contributed by atoms with van der Waals surface area (Å²) in [6.07, 6.45) is 0.977. The molecule has 0 radical (unpaired) electrons. The number of rotatable bonds is 2. The Bertz CT molecular complexity index is 740. The van der Waals surface area contributed by atoms with Gasteiger partial charge in [-0.3, -0.25) is 4.90 Å². The van der Waals surface area contributed by atoms with E-state index in [9.17, 15) is 9.18 Å². The van der Waals surface area contributed by atoms with E-state index in [1.807, 2.05) is 24.3 Å². The minimum Gasteiger partial charge on any atom is -0.307 e. The van der Waals surface area contributed by atoms with E-state index in [2.05, 4.69) is 12.2 Å². The number of benzene rings is 2. The summed E-state index contributed by atoms with van der Waals surface area (Å²) in [5.74, 6) is -0.504. The number of urea groups is 1. The molecule has 23 heavy (non-hydrogen) atoms. The van der Waals surface area contributed by atoms with Gasteiger partial charge in [0.1, 0.15) is 5.82 Å². The minimum atomic E-state index is -0.504. The number of carbonyl (C=O) groups is 1. The lowest BCUT2D eigenvalue weighted by Crippen LogP contribution is -2.41. The first kappa shape index (κ1) is 16.1. The average Bonchev–Trinajstić information content (AvgIpc) is 2.57. The Morgan fingerprint density at radius 1 is 1.39 bits per heavy atom. The quantitative estimate of drug-likeness (QED) is 0.786. The van der Waals surface area contributed by atoms with Crippen LogP contribution in [0.5, 0.6) is 0 Å². The van der Waals surface area contributed by atoms with Gasteiger partial charge in [0.15, 0.2) is 0 Å². The zero-order valence-electron chi connectivity index (χ0n) is 12.6. The van der Waals surface area contributed by atoms with Crippen LogP contribution in [0.15, 0.2) is 47.4 Å². The summed E-state index contributed by atoms with van der Waals surface area (Å²) in [5, 5.41) is 3.14. The average molecular weight is 351 g/mol. The van der Waals surface area contributed by atoms with Crippen LogP contribution in [0, 0.1) is 5.82 Å². The molecule has 0 bridgehead atoms. The first-order chi connectivity index (χ1) is 11.1. The SMILES string of the molecule is CC[C@@H]1CN(C(=O)Nc2ccc(F)c(Cl)c2)c2ccccc2S1. The van der Waals surface area contributed by atoms with Gasteiger partial charge in [0.2, 0.25) is 0 Å². The molecule has 1 atom stereocenters. The van der Waals surface area contributed by atoms with Crippen LogP contribution in [0.25, 0.3) is 0 Å². The van der Waals surface area contributed by atoms with Crippen LogP contribution in [0.1, 0.15) is 13.3 Å². The first-order valence-electron chi connectivity index (χ1n) is 7.37. The number of thioether (sulfide) groups is 1. The van der Waals surface area contributed by atoms with Crippen molar-refractivity contribution in [3.05, 3.63) is 53.3 Å². The molecule has 0 spiro atoms. The standard InChI is InChI=1S/C17H16ClFN2OS/c1-2-12-10-21(15-5-3-4-6-16(15)23-12)17(22)20-11-7-8-14(19)13(18)9-11/h3-9,12H,2,10H2,1H3,(H,20,22)/t12-/m1/s1. The van der Waals surface area contributed by atoms with E-state index in [0.717, 1.165) is 17.0 Å². The molecule has 0 aliphatic carbocycles. The third-order valence-corrected chi connectivity index (χ3v) is 5.41. The highest BCUT2D eigenvalue weighted by atomic mass is 35.5. The molecule has 120 valence electrons. The summed E-state index contributed by atoms with van der Waals surface area (Å²) in [4.78, 5) is 15.5. The van der Waals surface area contributed by atoms with Crippen molar-refractivity contribution >= 4 is 40.8 Å². The second-order valence-corrected chi connectivity index (χ2v) is 7.03. The Hall–Kier alpha value is -1.72. The molecule has 6 heteroatoms. The van der Waals surface area contributed by atoms with Crippen molar-refractivity contribution in [1.29, 1.82) is 0 Å². The number of halogens is 2. The van der Waals surface area contributed by atoms with Crippen molar-refractivity contribution in [1.82, 2.24) is 0 Å². The van der Waals surface area contributed by atoms with E-state index in [4.69, 9.17) is 11.6 Å². The lowest BCUT2D eigenvalue weighted by atomic mass is 10.2. The number of hydrogen-bond donors (Lipinski definition) is 1. The molecule has 0 saturated carbocycles. The molecule has 1 aliphatic heterocycles. The van der Waals surface area contributed by atoms with Gasteiger partial charge in [-0.15, -0.1) is 11.8 Å². The van der Waals surface area contributed by atoms with Crippen molar-refractivity contribution in [2.75, 3.05) is 16.8 Å². The molecule has 0 fully saturated rings. The Kier molecular flexibility index (Phi) is 4.78. The molecular weight excluding hydrogens is 335 g/mol. The van der Waals surface area contributed by atoms with Crippen LogP contribution in [-0.4, -0.2) is 17.8 Å². The van der Waals surface area contributed by atoms with Crippen LogP contribution in [0.4, 0.5) is 20.6 Å². The van der Waals surface area contributed by atoms with E-state index < -0.39 is 5.82 Å². The molecule has 3 rings (SSSR count). The first-order valence-corrected chi connectivity index (χ1v) is 8.63. The van der Waals surface area contributed by atoms with Gasteiger partial charge in [-0.2, -0.15) is 0 Å². The van der Waals surface area contributed by atoms with Crippen molar-refractivity contribution in [3.8, 4) is 0 Å². The highest BCUT2D eigenvalue weighted by molar-refractivity contribution is 8.00. The minimum absolute atomic E-state index is 0.0103. The van der Waals surface area contributed by atoms with E-state index in [1.54, 1.807) is 16.7 Å². The zero-order valence-corrected chi connectivity index (χ0v) is 14.1. The van der Waals surface area contributed by atoms with Crippen LogP contribution in [0.3, 0.4) is 0 Å². The zero-order chi connectivity index (χ0) is 16.4. The van der Waals surface area contributed by atoms with Gasteiger partial charge < -0.3 is 5.32 Å². The molecule has 2 amide bonds. The van der Waals surface area contributed by atoms with E-state index >= 15 is 0 Å². The monoisotopic (exact) mass is 350 g/mol. The third-order valence-electron chi connectivity index (χ3n) is 3.71. The van der Waals surface area contributed by atoms with Gasteiger partial charge in [-0.1, -0.05) is 30.7 Å². The van der Waals surface area contributed by atoms with Gasteiger partial charge in [-0.05, 0) is 36.8 Å². The molecule has 0 unspecified atom stereocenters. The molecular formula is C17H16ClFN2OS. The normalized spacial score (nSPS) is 16.8. The number of carbonyl (C=O) groups excluding carboxylic acids is 1. The summed E-state index contributed by atoms with van der Waals surface area (Å²) in [6.45, 7) is 2.75. The van der Waals surface area contributed by atoms with Crippen LogP contribution in [0.2, 0.25) is 5.02 Å². The van der Waals surface area contributed by atoms with Gasteiger partial charge in [0.05, 0.1) is 10.7 Å². The number of nitrogens with one attached hydrogen (secondary N) is 1. The number of anilines is 2. The number of para-hydroxylation sites is 1. The van der Waals surface area contributed by atoms with E-state index in [1.165, 1.54) is 18.2 Å². The Morgan fingerprint density at radius 3 is 2.91 bits per heavy atom. The van der Waals surface area contributed by atoms with Gasteiger partial charge in [-0.25, -0.2) is 9.18 Å². The largest absolute Gasteiger partial charge is 0.326 e. The maximum Gasteiger partial charge on any atom is 0.326 e. The van der Waals surface area contributed by atoms with Crippen molar-refractivity contribution in [3.63, 3.8) is 0 Å². The van der Waals surface area contributed by atoms with Gasteiger partial charge in [0, 0.05) is 22.4 Å². The number of hydrogen-bond acceptors (Lipinski definition) is 2. The fourth-order valence-corrected chi connectivity index (χ4v) is 3.85. The smallest absolute Gasteiger partial charge is 0.307 e. The van der Waals surface area contributed by atoms with E-state index in [0.29, 0.717) is 17.5 Å². The van der Waals surface area contributed by atoms with Crippen molar-refractivity contribution in [2.24, 2.45) is 0 Å². The topological polar surface area (TPSA) is 32.3 Å². The number of amides is 2. The fourth-order valence-electron chi connectivity index (χ4n) is 2.47. The molecule has 1 heterocycles. The third kappa shape index (κ3) is 3.46. The highest BCUT2D eigenvalue weighted by Gasteiger charge is 2.28. The van der Waals surface area contributed by atoms with Gasteiger partial charge >= 0.3 is 6.03 Å². The summed E-state index contributed by atoms with van der Waals surface area (Å²) in [5.41, 5.74) is 1.37.